The normalized spacial score (nSPS) is 12.2. The third-order valence-corrected chi connectivity index (χ3v) is 3.11. The van der Waals surface area contributed by atoms with Gasteiger partial charge in [0.25, 0.3) is 0 Å². The van der Waals surface area contributed by atoms with Crippen LogP contribution in [0.25, 0.3) is 0 Å². The van der Waals surface area contributed by atoms with Crippen LogP contribution in [0.15, 0.2) is 24.3 Å². The number of hydrogen-bond acceptors (Lipinski definition) is 5. The zero-order valence-corrected chi connectivity index (χ0v) is 12.2. The van der Waals surface area contributed by atoms with Crippen molar-refractivity contribution in [3.05, 3.63) is 29.8 Å². The van der Waals surface area contributed by atoms with Crippen molar-refractivity contribution in [3.8, 4) is 5.75 Å². The topological polar surface area (TPSA) is 56.8 Å². The molecule has 0 fully saturated rings. The van der Waals surface area contributed by atoms with Gasteiger partial charge in [0.1, 0.15) is 11.3 Å². The monoisotopic (exact) mass is 289 g/mol. The van der Waals surface area contributed by atoms with E-state index in [2.05, 4.69) is 5.25 Å². The van der Waals surface area contributed by atoms with Crippen LogP contribution in [0.5, 0.6) is 5.75 Å². The van der Waals surface area contributed by atoms with E-state index >= 15 is 0 Å². The SMILES string of the molecule is CON[PH](=S)Oc1ccccc1C(=O)OC(C)C. The van der Waals surface area contributed by atoms with E-state index in [1.54, 1.807) is 38.1 Å². The summed E-state index contributed by atoms with van der Waals surface area (Å²) in [6.45, 7) is 3.58. The molecular formula is C11H16NO4PS. The summed E-state index contributed by atoms with van der Waals surface area (Å²) in [7, 11) is -0.315. The van der Waals surface area contributed by atoms with Crippen LogP contribution >= 0.6 is 7.07 Å². The van der Waals surface area contributed by atoms with Crippen molar-refractivity contribution in [2.45, 2.75) is 20.0 Å². The first-order chi connectivity index (χ1) is 8.54. The van der Waals surface area contributed by atoms with Crippen molar-refractivity contribution in [3.63, 3.8) is 0 Å². The molecule has 1 aromatic rings. The molecule has 0 aliphatic carbocycles. The summed E-state index contributed by atoms with van der Waals surface area (Å²) in [5.74, 6) is -0.0283. The second-order valence-corrected chi connectivity index (χ2v) is 5.74. The highest BCUT2D eigenvalue weighted by Gasteiger charge is 2.15. The number of ether oxygens (including phenoxy) is 1. The van der Waals surface area contributed by atoms with Gasteiger partial charge in [-0.3, -0.25) is 4.84 Å². The van der Waals surface area contributed by atoms with E-state index in [1.165, 1.54) is 7.11 Å². The first-order valence-electron chi connectivity index (χ1n) is 5.35. The van der Waals surface area contributed by atoms with Gasteiger partial charge in [0.15, 0.2) is 7.07 Å². The lowest BCUT2D eigenvalue weighted by molar-refractivity contribution is 0.0376. The third kappa shape index (κ3) is 4.74. The van der Waals surface area contributed by atoms with Gasteiger partial charge in [0.2, 0.25) is 0 Å². The van der Waals surface area contributed by atoms with Gasteiger partial charge in [-0.25, -0.2) is 4.79 Å². The van der Waals surface area contributed by atoms with Crippen LogP contribution < -0.4 is 9.77 Å². The van der Waals surface area contributed by atoms with Crippen molar-refractivity contribution in [2.24, 2.45) is 0 Å². The van der Waals surface area contributed by atoms with Crippen molar-refractivity contribution in [1.29, 1.82) is 0 Å². The Bertz CT molecular complexity index is 439. The molecule has 0 spiro atoms. The second-order valence-electron chi connectivity index (χ2n) is 3.65. The Kier molecular flexibility index (Phi) is 6.29. The average molecular weight is 289 g/mol. The van der Waals surface area contributed by atoms with Crippen LogP contribution in [0.4, 0.5) is 0 Å². The van der Waals surface area contributed by atoms with Crippen LogP contribution in [0.1, 0.15) is 24.2 Å². The predicted octanol–water partition coefficient (Wildman–Crippen LogP) is 2.29. The fraction of sp³-hybridized carbons (Fsp3) is 0.364. The number of hydrogen-bond donors (Lipinski definition) is 1. The molecule has 7 heteroatoms. The third-order valence-electron chi connectivity index (χ3n) is 1.84. The molecule has 5 nitrogen and oxygen atoms in total. The number of benzene rings is 1. The lowest BCUT2D eigenvalue weighted by Gasteiger charge is -2.13. The molecule has 0 aromatic heterocycles. The van der Waals surface area contributed by atoms with Crippen LogP contribution in [-0.4, -0.2) is 19.2 Å². The highest BCUT2D eigenvalue weighted by molar-refractivity contribution is 8.02. The lowest BCUT2D eigenvalue weighted by Crippen LogP contribution is -2.13. The molecule has 0 radical (unpaired) electrons. The van der Waals surface area contributed by atoms with Gasteiger partial charge in [0, 0.05) is 0 Å². The Labute approximate surface area is 112 Å². The molecule has 0 saturated carbocycles. The van der Waals surface area contributed by atoms with Crippen LogP contribution in [0.3, 0.4) is 0 Å². The molecule has 18 heavy (non-hydrogen) atoms. The molecule has 1 atom stereocenters. The Morgan fingerprint density at radius 3 is 2.67 bits per heavy atom. The minimum atomic E-state index is -1.77. The summed E-state index contributed by atoms with van der Waals surface area (Å²) in [4.78, 5) is 16.5. The van der Waals surface area contributed by atoms with Crippen molar-refractivity contribution in [1.82, 2.24) is 5.25 Å². The van der Waals surface area contributed by atoms with Gasteiger partial charge in [0.05, 0.1) is 13.2 Å². The van der Waals surface area contributed by atoms with E-state index < -0.39 is 13.0 Å². The number of carbonyl (C=O) groups is 1. The van der Waals surface area contributed by atoms with E-state index in [4.69, 9.17) is 25.9 Å². The summed E-state index contributed by atoms with van der Waals surface area (Å²) in [6, 6.07) is 6.81. The fourth-order valence-corrected chi connectivity index (χ4v) is 2.31. The van der Waals surface area contributed by atoms with Gasteiger partial charge in [-0.05, 0) is 37.8 Å². The number of rotatable bonds is 6. The maximum Gasteiger partial charge on any atom is 0.342 e. The number of carbonyl (C=O) groups excluding carboxylic acids is 1. The Balaban J connectivity index is 2.85. The molecule has 0 saturated heterocycles. The Morgan fingerprint density at radius 1 is 1.39 bits per heavy atom. The molecule has 1 N–H and O–H groups in total. The summed E-state index contributed by atoms with van der Waals surface area (Å²) in [5.41, 5.74) is 0.358. The molecular weight excluding hydrogens is 273 g/mol. The number of esters is 1. The largest absolute Gasteiger partial charge is 0.459 e. The molecule has 0 amide bonds. The predicted molar refractivity (Wildman–Crippen MR) is 73.4 cm³/mol. The molecule has 0 aliphatic rings. The van der Waals surface area contributed by atoms with Crippen molar-refractivity contribution < 1.29 is 18.9 Å². The molecule has 0 aliphatic heterocycles. The minimum Gasteiger partial charge on any atom is -0.459 e. The van der Waals surface area contributed by atoms with Crippen molar-refractivity contribution in [2.75, 3.05) is 7.11 Å². The molecule has 0 heterocycles. The van der Waals surface area contributed by atoms with Crippen LogP contribution in [-0.2, 0) is 21.4 Å². The molecule has 1 rings (SSSR count). The Morgan fingerprint density at radius 2 is 2.06 bits per heavy atom. The van der Waals surface area contributed by atoms with E-state index in [1.807, 2.05) is 0 Å². The van der Waals surface area contributed by atoms with Gasteiger partial charge in [-0.15, -0.1) is 5.25 Å². The zero-order valence-electron chi connectivity index (χ0n) is 10.4. The van der Waals surface area contributed by atoms with E-state index in [9.17, 15) is 4.79 Å². The maximum absolute atomic E-state index is 11.8. The second kappa shape index (κ2) is 7.48. The van der Waals surface area contributed by atoms with Gasteiger partial charge < -0.3 is 9.26 Å². The molecule has 1 aromatic carbocycles. The van der Waals surface area contributed by atoms with Gasteiger partial charge >= 0.3 is 5.97 Å². The van der Waals surface area contributed by atoms with Crippen molar-refractivity contribution >= 4 is 24.9 Å². The molecule has 100 valence electrons. The van der Waals surface area contributed by atoms with E-state index in [-0.39, 0.29) is 6.10 Å². The number of nitrogens with one attached hydrogen (secondary N) is 1. The quantitative estimate of drug-likeness (QED) is 0.492. The summed E-state index contributed by atoms with van der Waals surface area (Å²) in [5, 5.41) is 2.54. The van der Waals surface area contributed by atoms with Gasteiger partial charge in [-0.2, -0.15) is 0 Å². The van der Waals surface area contributed by atoms with E-state index in [0.717, 1.165) is 0 Å². The summed E-state index contributed by atoms with van der Waals surface area (Å²) < 4.78 is 10.6. The zero-order chi connectivity index (χ0) is 13.5. The van der Waals surface area contributed by atoms with E-state index in [0.29, 0.717) is 11.3 Å². The fourth-order valence-electron chi connectivity index (χ4n) is 1.21. The smallest absolute Gasteiger partial charge is 0.342 e. The maximum atomic E-state index is 11.8. The van der Waals surface area contributed by atoms with Crippen LogP contribution in [0.2, 0.25) is 0 Å². The lowest BCUT2D eigenvalue weighted by atomic mass is 10.2. The molecule has 0 bridgehead atoms. The summed E-state index contributed by atoms with van der Waals surface area (Å²) >= 11 is 5.04. The standard InChI is InChI=1S/C11H16NO4PS/c1-8(2)15-11(13)9-6-4-5-7-10(9)16-17(18)12-14-3/h4-8,17H,1-3H3,(H,12,18). The number of para-hydroxylation sites is 1. The molecule has 1 unspecified atom stereocenters. The Hall–Kier alpha value is -0.940. The first-order valence-corrected chi connectivity index (χ1v) is 7.89. The highest BCUT2D eigenvalue weighted by atomic mass is 32.4. The van der Waals surface area contributed by atoms with Gasteiger partial charge in [-0.1, -0.05) is 12.1 Å². The highest BCUT2D eigenvalue weighted by Crippen LogP contribution is 2.27. The van der Waals surface area contributed by atoms with Crippen LogP contribution in [0, 0.1) is 0 Å². The summed E-state index contributed by atoms with van der Waals surface area (Å²) in [6.07, 6.45) is -0.184. The first kappa shape index (κ1) is 15.1. The minimum absolute atomic E-state index is 0.184. The average Bonchev–Trinajstić information content (AvgIpc) is 2.28.